The number of hydrogen-bond acceptors (Lipinski definition) is 7. The number of anilines is 1. The third-order valence-corrected chi connectivity index (χ3v) is 3.50. The van der Waals surface area contributed by atoms with E-state index >= 15 is 0 Å². The number of aromatic amines is 1. The van der Waals surface area contributed by atoms with Gasteiger partial charge >= 0.3 is 0 Å². The van der Waals surface area contributed by atoms with Crippen molar-refractivity contribution in [3.05, 3.63) is 58.3 Å². The minimum Gasteiger partial charge on any atom is -0.372 e. The van der Waals surface area contributed by atoms with Crippen molar-refractivity contribution in [1.82, 2.24) is 24.8 Å². The van der Waals surface area contributed by atoms with Gasteiger partial charge in [-0.3, -0.25) is 14.6 Å². The van der Waals surface area contributed by atoms with Crippen molar-refractivity contribution in [2.45, 2.75) is 13.5 Å². The fraction of sp³-hybridized carbons (Fsp3) is 0.188. The standard InChI is InChI=1S/C16H19N7O2/c1-4-10(13(17)24)6-5-9(2)23(3)8-11-7-19-14-12(20-11)15(25)22-16(18)21-14/h4-7H,1,8H2,2-3H3,(H2,17,24)(H3,18,19,21,22,25)/b9-5+,10-6+. The zero-order chi connectivity index (χ0) is 18.6. The van der Waals surface area contributed by atoms with Gasteiger partial charge < -0.3 is 16.4 Å². The molecule has 0 aliphatic rings. The minimum absolute atomic E-state index is 0.00490. The number of H-pyrrole nitrogens is 1. The number of allylic oxidation sites excluding steroid dienone is 3. The molecule has 2 rings (SSSR count). The topological polar surface area (TPSA) is 144 Å². The lowest BCUT2D eigenvalue weighted by molar-refractivity contribution is -0.114. The van der Waals surface area contributed by atoms with E-state index in [0.717, 1.165) is 5.70 Å². The van der Waals surface area contributed by atoms with Gasteiger partial charge in [-0.05, 0) is 19.1 Å². The first-order chi connectivity index (χ1) is 11.8. The summed E-state index contributed by atoms with van der Waals surface area (Å²) in [7, 11) is 1.84. The predicted octanol–water partition coefficient (Wildman–Crippen LogP) is 0.229. The first-order valence-electron chi connectivity index (χ1n) is 7.35. The van der Waals surface area contributed by atoms with Crippen molar-refractivity contribution in [1.29, 1.82) is 0 Å². The van der Waals surface area contributed by atoms with Crippen LogP contribution in [0.5, 0.6) is 0 Å². The van der Waals surface area contributed by atoms with Gasteiger partial charge in [0.2, 0.25) is 11.9 Å². The Balaban J connectivity index is 2.24. The molecule has 9 heteroatoms. The number of hydrogen-bond donors (Lipinski definition) is 3. The molecule has 130 valence electrons. The summed E-state index contributed by atoms with van der Waals surface area (Å²) in [4.78, 5) is 39.6. The maximum atomic E-state index is 11.9. The van der Waals surface area contributed by atoms with E-state index in [4.69, 9.17) is 11.5 Å². The van der Waals surface area contributed by atoms with Crippen LogP contribution in [0.2, 0.25) is 0 Å². The molecular weight excluding hydrogens is 322 g/mol. The summed E-state index contributed by atoms with van der Waals surface area (Å²) < 4.78 is 0. The maximum absolute atomic E-state index is 11.9. The second kappa shape index (κ2) is 7.39. The van der Waals surface area contributed by atoms with E-state index in [1.165, 1.54) is 12.3 Å². The Morgan fingerprint density at radius 3 is 2.76 bits per heavy atom. The third-order valence-electron chi connectivity index (χ3n) is 3.50. The van der Waals surface area contributed by atoms with Crippen LogP contribution >= 0.6 is 0 Å². The molecule has 9 nitrogen and oxygen atoms in total. The van der Waals surface area contributed by atoms with E-state index in [1.54, 1.807) is 12.2 Å². The highest BCUT2D eigenvalue weighted by molar-refractivity contribution is 5.94. The summed E-state index contributed by atoms with van der Waals surface area (Å²) in [5, 5.41) is 0. The Hall–Kier alpha value is -3.49. The van der Waals surface area contributed by atoms with Gasteiger partial charge in [-0.1, -0.05) is 12.7 Å². The SMILES string of the molecule is C=C/C(=C\C=C(/C)N(C)Cc1cnc2nc(N)[nH]c(=O)c2n1)C(N)=O. The van der Waals surface area contributed by atoms with E-state index in [2.05, 4.69) is 26.5 Å². The molecule has 0 saturated carbocycles. The summed E-state index contributed by atoms with van der Waals surface area (Å²) in [5.74, 6) is -0.553. The van der Waals surface area contributed by atoms with E-state index in [1.807, 2.05) is 18.9 Å². The average Bonchev–Trinajstić information content (AvgIpc) is 2.55. The van der Waals surface area contributed by atoms with Crippen LogP contribution in [0, 0.1) is 0 Å². The van der Waals surface area contributed by atoms with Crippen LogP contribution < -0.4 is 17.0 Å². The van der Waals surface area contributed by atoms with Crippen LogP contribution in [0.25, 0.3) is 11.2 Å². The second-order valence-electron chi connectivity index (χ2n) is 5.34. The van der Waals surface area contributed by atoms with Crippen molar-refractivity contribution in [3.63, 3.8) is 0 Å². The summed E-state index contributed by atoms with van der Waals surface area (Å²) in [6.07, 6.45) is 6.26. The van der Waals surface area contributed by atoms with Crippen molar-refractivity contribution >= 4 is 23.0 Å². The number of carbonyl (C=O) groups excluding carboxylic acids is 1. The minimum atomic E-state index is -0.548. The van der Waals surface area contributed by atoms with Crippen molar-refractivity contribution in [2.24, 2.45) is 5.73 Å². The Kier molecular flexibility index (Phi) is 5.28. The van der Waals surface area contributed by atoms with E-state index in [-0.39, 0.29) is 17.1 Å². The number of nitrogens with zero attached hydrogens (tertiary/aromatic N) is 4. The number of fused-ring (bicyclic) bond motifs is 1. The quantitative estimate of drug-likeness (QED) is 0.504. The van der Waals surface area contributed by atoms with Gasteiger partial charge in [0.1, 0.15) is 0 Å². The number of aromatic nitrogens is 4. The molecule has 0 saturated heterocycles. The fourth-order valence-corrected chi connectivity index (χ4v) is 2.00. The molecule has 0 spiro atoms. The fourth-order valence-electron chi connectivity index (χ4n) is 2.00. The predicted molar refractivity (Wildman–Crippen MR) is 95.1 cm³/mol. The molecule has 1 amide bonds. The number of amides is 1. The number of primary amides is 1. The van der Waals surface area contributed by atoms with Gasteiger partial charge in [0.25, 0.3) is 5.56 Å². The van der Waals surface area contributed by atoms with Crippen LogP contribution in [-0.2, 0) is 11.3 Å². The molecule has 2 heterocycles. The van der Waals surface area contributed by atoms with Crippen molar-refractivity contribution in [2.75, 3.05) is 12.8 Å². The highest BCUT2D eigenvalue weighted by Crippen LogP contribution is 2.09. The molecule has 5 N–H and O–H groups in total. The molecule has 2 aromatic heterocycles. The molecule has 2 aromatic rings. The maximum Gasteiger partial charge on any atom is 0.280 e. The van der Waals surface area contributed by atoms with E-state index in [9.17, 15) is 9.59 Å². The lowest BCUT2D eigenvalue weighted by Crippen LogP contribution is -2.19. The van der Waals surface area contributed by atoms with Gasteiger partial charge in [0.05, 0.1) is 18.4 Å². The zero-order valence-electron chi connectivity index (χ0n) is 14.0. The summed E-state index contributed by atoms with van der Waals surface area (Å²) in [6, 6.07) is 0. The molecule has 0 bridgehead atoms. The Labute approximate surface area is 143 Å². The smallest absolute Gasteiger partial charge is 0.280 e. The first kappa shape index (κ1) is 17.9. The number of rotatable bonds is 6. The monoisotopic (exact) mass is 341 g/mol. The van der Waals surface area contributed by atoms with E-state index < -0.39 is 11.5 Å². The molecule has 0 fully saturated rings. The zero-order valence-corrected chi connectivity index (χ0v) is 14.0. The van der Waals surface area contributed by atoms with Crippen molar-refractivity contribution < 1.29 is 4.79 Å². The molecule has 0 aliphatic carbocycles. The summed E-state index contributed by atoms with van der Waals surface area (Å²) in [5.41, 5.74) is 12.3. The van der Waals surface area contributed by atoms with Gasteiger partial charge in [-0.2, -0.15) is 4.98 Å². The molecule has 0 aromatic carbocycles. The van der Waals surface area contributed by atoms with Crippen LogP contribution in [0.4, 0.5) is 5.95 Å². The Morgan fingerprint density at radius 2 is 2.12 bits per heavy atom. The molecule has 0 radical (unpaired) electrons. The largest absolute Gasteiger partial charge is 0.372 e. The number of carbonyl (C=O) groups is 1. The van der Waals surface area contributed by atoms with Gasteiger partial charge in [0.15, 0.2) is 11.2 Å². The van der Waals surface area contributed by atoms with Crippen LogP contribution in [-0.4, -0.2) is 37.8 Å². The first-order valence-corrected chi connectivity index (χ1v) is 7.35. The highest BCUT2D eigenvalue weighted by atomic mass is 16.1. The lowest BCUT2D eigenvalue weighted by atomic mass is 10.2. The summed E-state index contributed by atoms with van der Waals surface area (Å²) >= 11 is 0. The average molecular weight is 341 g/mol. The number of nitrogens with two attached hydrogens (primary N) is 2. The van der Waals surface area contributed by atoms with Crippen LogP contribution in [0.3, 0.4) is 0 Å². The third kappa shape index (κ3) is 4.28. The Morgan fingerprint density at radius 1 is 1.40 bits per heavy atom. The van der Waals surface area contributed by atoms with Crippen LogP contribution in [0.1, 0.15) is 12.6 Å². The molecule has 0 unspecified atom stereocenters. The molecule has 0 aliphatic heterocycles. The van der Waals surface area contributed by atoms with Crippen LogP contribution in [0.15, 0.2) is 47.1 Å². The highest BCUT2D eigenvalue weighted by Gasteiger charge is 2.08. The van der Waals surface area contributed by atoms with Gasteiger partial charge in [-0.15, -0.1) is 0 Å². The molecular formula is C16H19N7O2. The lowest BCUT2D eigenvalue weighted by Gasteiger charge is -2.19. The second-order valence-corrected chi connectivity index (χ2v) is 5.34. The normalized spacial score (nSPS) is 12.2. The molecule has 25 heavy (non-hydrogen) atoms. The summed E-state index contributed by atoms with van der Waals surface area (Å²) in [6.45, 7) is 5.81. The van der Waals surface area contributed by atoms with Gasteiger partial charge in [0, 0.05) is 18.3 Å². The molecule has 0 atom stereocenters. The number of nitrogen functional groups attached to an aromatic ring is 1. The van der Waals surface area contributed by atoms with E-state index in [0.29, 0.717) is 17.8 Å². The number of nitrogens with one attached hydrogen (secondary N) is 1. The van der Waals surface area contributed by atoms with Crippen molar-refractivity contribution in [3.8, 4) is 0 Å². The Bertz CT molecular complexity index is 943. The van der Waals surface area contributed by atoms with Gasteiger partial charge in [-0.25, -0.2) is 9.97 Å².